The third kappa shape index (κ3) is 1.93. The number of nitrogens with zero attached hydrogens (tertiary/aromatic N) is 2. The molecule has 0 amide bonds. The largest absolute Gasteiger partial charge is 0.390 e. The molecule has 0 unspecified atom stereocenters. The molecule has 0 spiro atoms. The van der Waals surface area contributed by atoms with E-state index in [1.165, 1.54) is 6.34 Å². The smallest absolute Gasteiger partial charge is 0.128 e. The van der Waals surface area contributed by atoms with E-state index in [2.05, 4.69) is 9.98 Å². The van der Waals surface area contributed by atoms with Crippen LogP contribution in [0.15, 0.2) is 23.3 Å². The summed E-state index contributed by atoms with van der Waals surface area (Å²) in [6.45, 7) is 0.496. The summed E-state index contributed by atoms with van der Waals surface area (Å²) in [6.07, 6.45) is 2.90. The summed E-state index contributed by atoms with van der Waals surface area (Å²) in [7, 11) is 0. The molecule has 0 aliphatic carbocycles. The molecule has 1 aromatic heterocycles. The Morgan fingerprint density at radius 1 is 1.64 bits per heavy atom. The summed E-state index contributed by atoms with van der Waals surface area (Å²) in [5.41, 5.74) is 11.5. The van der Waals surface area contributed by atoms with Crippen molar-refractivity contribution in [1.82, 2.24) is 4.98 Å². The number of nitrogens with two attached hydrogens (primary N) is 2. The van der Waals surface area contributed by atoms with Gasteiger partial charge in [-0.1, -0.05) is 6.07 Å². The van der Waals surface area contributed by atoms with Crippen LogP contribution in [0.4, 0.5) is 5.82 Å². The first-order valence-corrected chi connectivity index (χ1v) is 3.24. The van der Waals surface area contributed by atoms with Crippen LogP contribution in [-0.2, 0) is 6.54 Å². The minimum absolute atomic E-state index is 0.496. The Labute approximate surface area is 65.0 Å². The van der Waals surface area contributed by atoms with Gasteiger partial charge in [-0.15, -0.1) is 0 Å². The van der Waals surface area contributed by atoms with Gasteiger partial charge in [0.1, 0.15) is 5.82 Å². The maximum absolute atomic E-state index is 5.54. The number of rotatable bonds is 2. The third-order valence-corrected chi connectivity index (χ3v) is 1.29. The van der Waals surface area contributed by atoms with Gasteiger partial charge >= 0.3 is 0 Å². The zero-order valence-corrected chi connectivity index (χ0v) is 6.07. The predicted octanol–water partition coefficient (Wildman–Crippen LogP) is 0.151. The molecule has 11 heavy (non-hydrogen) atoms. The van der Waals surface area contributed by atoms with Crippen LogP contribution in [0.2, 0.25) is 0 Å². The maximum atomic E-state index is 5.54. The maximum Gasteiger partial charge on any atom is 0.128 e. The van der Waals surface area contributed by atoms with Crippen molar-refractivity contribution in [1.29, 1.82) is 0 Å². The monoisotopic (exact) mass is 150 g/mol. The SMILES string of the molecule is NC=NCc1cccnc1N. The van der Waals surface area contributed by atoms with Gasteiger partial charge in [0, 0.05) is 11.8 Å². The molecule has 58 valence electrons. The molecule has 0 bridgehead atoms. The van der Waals surface area contributed by atoms with Gasteiger partial charge in [-0.3, -0.25) is 4.99 Å². The van der Waals surface area contributed by atoms with Gasteiger partial charge in [-0.2, -0.15) is 0 Å². The van der Waals surface area contributed by atoms with E-state index in [1.807, 2.05) is 12.1 Å². The Bertz CT molecular complexity index is 256. The number of nitrogen functional groups attached to an aromatic ring is 1. The summed E-state index contributed by atoms with van der Waals surface area (Å²) >= 11 is 0. The highest BCUT2D eigenvalue weighted by Crippen LogP contribution is 2.06. The number of aromatic nitrogens is 1. The predicted molar refractivity (Wildman–Crippen MR) is 45.0 cm³/mol. The molecule has 0 saturated carbocycles. The van der Waals surface area contributed by atoms with Crippen molar-refractivity contribution in [3.05, 3.63) is 23.9 Å². The fraction of sp³-hybridized carbons (Fsp3) is 0.143. The van der Waals surface area contributed by atoms with Crippen molar-refractivity contribution >= 4 is 12.2 Å². The molecule has 0 fully saturated rings. The second-order valence-corrected chi connectivity index (χ2v) is 2.04. The van der Waals surface area contributed by atoms with Gasteiger partial charge in [0.05, 0.1) is 12.9 Å². The highest BCUT2D eigenvalue weighted by atomic mass is 14.8. The van der Waals surface area contributed by atoms with Crippen LogP contribution < -0.4 is 11.5 Å². The van der Waals surface area contributed by atoms with Gasteiger partial charge < -0.3 is 11.5 Å². The van der Waals surface area contributed by atoms with E-state index in [0.717, 1.165) is 5.56 Å². The summed E-state index contributed by atoms with van der Waals surface area (Å²) in [4.78, 5) is 7.73. The standard InChI is InChI=1S/C7H10N4/c8-5-10-4-6-2-1-3-11-7(6)9/h1-3,5H,4H2,(H2,8,10)(H2,9,11). The van der Waals surface area contributed by atoms with E-state index >= 15 is 0 Å². The first-order valence-electron chi connectivity index (χ1n) is 3.24. The van der Waals surface area contributed by atoms with Gasteiger partial charge in [-0.25, -0.2) is 4.98 Å². The van der Waals surface area contributed by atoms with Crippen LogP contribution in [0.5, 0.6) is 0 Å². The molecule has 0 aromatic carbocycles. The highest BCUT2D eigenvalue weighted by Gasteiger charge is 1.94. The van der Waals surface area contributed by atoms with Gasteiger partial charge in [0.25, 0.3) is 0 Å². The third-order valence-electron chi connectivity index (χ3n) is 1.29. The number of hydrogen-bond donors (Lipinski definition) is 2. The summed E-state index contributed by atoms with van der Waals surface area (Å²) in [6, 6.07) is 3.69. The van der Waals surface area contributed by atoms with Crippen molar-refractivity contribution in [3.8, 4) is 0 Å². The van der Waals surface area contributed by atoms with Gasteiger partial charge in [0.2, 0.25) is 0 Å². The molecule has 4 heteroatoms. The first kappa shape index (κ1) is 7.53. The average molecular weight is 150 g/mol. The van der Waals surface area contributed by atoms with Crippen molar-refractivity contribution in [2.45, 2.75) is 6.54 Å². The lowest BCUT2D eigenvalue weighted by molar-refractivity contribution is 1.06. The van der Waals surface area contributed by atoms with E-state index in [4.69, 9.17) is 11.5 Å². The number of pyridine rings is 1. The van der Waals surface area contributed by atoms with E-state index in [1.54, 1.807) is 6.20 Å². The number of hydrogen-bond acceptors (Lipinski definition) is 3. The molecule has 0 aliphatic rings. The average Bonchev–Trinajstić information content (AvgIpc) is 2.03. The highest BCUT2D eigenvalue weighted by molar-refractivity contribution is 5.52. The van der Waals surface area contributed by atoms with Crippen LogP contribution in [0.3, 0.4) is 0 Å². The van der Waals surface area contributed by atoms with Crippen molar-refractivity contribution in [2.75, 3.05) is 5.73 Å². The molecular weight excluding hydrogens is 140 g/mol. The quantitative estimate of drug-likeness (QED) is 0.465. The van der Waals surface area contributed by atoms with Crippen molar-refractivity contribution in [2.24, 2.45) is 10.7 Å². The molecule has 0 radical (unpaired) electrons. The molecule has 4 N–H and O–H groups in total. The molecule has 0 aliphatic heterocycles. The van der Waals surface area contributed by atoms with Crippen LogP contribution >= 0.6 is 0 Å². The minimum Gasteiger partial charge on any atom is -0.390 e. The Hall–Kier alpha value is -1.58. The van der Waals surface area contributed by atoms with Crippen molar-refractivity contribution < 1.29 is 0 Å². The van der Waals surface area contributed by atoms with E-state index in [0.29, 0.717) is 12.4 Å². The Morgan fingerprint density at radius 2 is 2.45 bits per heavy atom. The van der Waals surface area contributed by atoms with Crippen LogP contribution in [0, 0.1) is 0 Å². The topological polar surface area (TPSA) is 77.3 Å². The zero-order valence-electron chi connectivity index (χ0n) is 6.07. The second-order valence-electron chi connectivity index (χ2n) is 2.04. The van der Waals surface area contributed by atoms with Crippen LogP contribution in [-0.4, -0.2) is 11.3 Å². The van der Waals surface area contributed by atoms with E-state index in [-0.39, 0.29) is 0 Å². The first-order chi connectivity index (χ1) is 5.34. The lowest BCUT2D eigenvalue weighted by atomic mass is 10.2. The lowest BCUT2D eigenvalue weighted by Crippen LogP contribution is -1.97. The molecule has 1 aromatic rings. The molecule has 4 nitrogen and oxygen atoms in total. The van der Waals surface area contributed by atoms with Gasteiger partial charge in [0.15, 0.2) is 0 Å². The second kappa shape index (κ2) is 3.55. The fourth-order valence-corrected chi connectivity index (χ4v) is 0.736. The van der Waals surface area contributed by atoms with Gasteiger partial charge in [-0.05, 0) is 6.07 Å². The van der Waals surface area contributed by atoms with E-state index in [9.17, 15) is 0 Å². The number of anilines is 1. The summed E-state index contributed by atoms with van der Waals surface area (Å²) in [5, 5.41) is 0. The summed E-state index contributed by atoms with van der Waals surface area (Å²) < 4.78 is 0. The van der Waals surface area contributed by atoms with Crippen LogP contribution in [0.1, 0.15) is 5.56 Å². The molecular formula is C7H10N4. The molecule has 1 heterocycles. The normalized spacial score (nSPS) is 10.5. The van der Waals surface area contributed by atoms with E-state index < -0.39 is 0 Å². The fourth-order valence-electron chi connectivity index (χ4n) is 0.736. The summed E-state index contributed by atoms with van der Waals surface area (Å²) in [5.74, 6) is 0.512. The molecule has 0 atom stereocenters. The Kier molecular flexibility index (Phi) is 2.43. The Morgan fingerprint density at radius 3 is 3.09 bits per heavy atom. The lowest BCUT2D eigenvalue weighted by Gasteiger charge is -1.98. The minimum atomic E-state index is 0.496. The molecule has 0 saturated heterocycles. The Balaban J connectivity index is 2.77. The molecule has 1 rings (SSSR count). The number of aliphatic imine (C=N–C) groups is 1. The van der Waals surface area contributed by atoms with Crippen molar-refractivity contribution in [3.63, 3.8) is 0 Å². The van der Waals surface area contributed by atoms with Crippen LogP contribution in [0.25, 0.3) is 0 Å². The zero-order chi connectivity index (χ0) is 8.10.